The minimum absolute atomic E-state index is 0.0969. The van der Waals surface area contributed by atoms with Crippen LogP contribution < -0.4 is 5.32 Å². The summed E-state index contributed by atoms with van der Waals surface area (Å²) >= 11 is 0. The van der Waals surface area contributed by atoms with Gasteiger partial charge in [0.05, 0.1) is 22.3 Å². The van der Waals surface area contributed by atoms with Crippen LogP contribution in [0.4, 0.5) is 15.9 Å². The molecule has 2 aromatic carbocycles. The third kappa shape index (κ3) is 2.16. The Morgan fingerprint density at radius 1 is 1.04 bits per heavy atom. The van der Waals surface area contributed by atoms with E-state index in [-0.39, 0.29) is 11.3 Å². The first-order valence-corrected chi connectivity index (χ1v) is 7.30. The molecule has 0 amide bonds. The molecular weight excluding hydrogens is 309 g/mol. The standard InChI is InChI=1S/C18H12FN3O2/c19-12-6-1-2-7-13(12)20-17-15-9-4-10-22(15)14-8-3-5-11(18(23)24)16(14)21-17/h1-10H,(H,20,21)(H,23,24). The molecule has 0 saturated carbocycles. The predicted molar refractivity (Wildman–Crippen MR) is 89.3 cm³/mol. The largest absolute Gasteiger partial charge is 0.478 e. The van der Waals surface area contributed by atoms with Crippen LogP contribution in [0.25, 0.3) is 16.6 Å². The van der Waals surface area contributed by atoms with Crippen LogP contribution in [0.5, 0.6) is 0 Å². The number of halogens is 1. The monoisotopic (exact) mass is 321 g/mol. The average Bonchev–Trinajstić information content (AvgIpc) is 3.06. The van der Waals surface area contributed by atoms with E-state index in [1.807, 2.05) is 22.7 Å². The highest BCUT2D eigenvalue weighted by Crippen LogP contribution is 2.27. The zero-order chi connectivity index (χ0) is 16.7. The number of aromatic carboxylic acids is 1. The summed E-state index contributed by atoms with van der Waals surface area (Å²) in [4.78, 5) is 15.9. The normalized spacial score (nSPS) is 11.0. The second-order valence-corrected chi connectivity index (χ2v) is 5.31. The molecule has 0 radical (unpaired) electrons. The Kier molecular flexibility index (Phi) is 3.16. The topological polar surface area (TPSA) is 66.6 Å². The van der Waals surface area contributed by atoms with Gasteiger partial charge in [-0.2, -0.15) is 0 Å². The molecule has 24 heavy (non-hydrogen) atoms. The van der Waals surface area contributed by atoms with Crippen molar-refractivity contribution in [2.75, 3.05) is 5.32 Å². The maximum Gasteiger partial charge on any atom is 0.337 e. The highest BCUT2D eigenvalue weighted by molar-refractivity contribution is 6.02. The second kappa shape index (κ2) is 5.34. The van der Waals surface area contributed by atoms with Gasteiger partial charge in [-0.25, -0.2) is 14.2 Å². The number of hydrogen-bond acceptors (Lipinski definition) is 3. The van der Waals surface area contributed by atoms with Gasteiger partial charge in [0, 0.05) is 6.20 Å². The van der Waals surface area contributed by atoms with Gasteiger partial charge in [0.25, 0.3) is 0 Å². The number of nitrogens with one attached hydrogen (secondary N) is 1. The third-order valence-electron chi connectivity index (χ3n) is 3.85. The minimum Gasteiger partial charge on any atom is -0.478 e. The van der Waals surface area contributed by atoms with Crippen molar-refractivity contribution in [2.45, 2.75) is 0 Å². The van der Waals surface area contributed by atoms with Crippen molar-refractivity contribution < 1.29 is 14.3 Å². The lowest BCUT2D eigenvalue weighted by Gasteiger charge is -2.12. The summed E-state index contributed by atoms with van der Waals surface area (Å²) in [6, 6.07) is 14.9. The summed E-state index contributed by atoms with van der Waals surface area (Å²) in [7, 11) is 0. The molecule has 5 nitrogen and oxygen atoms in total. The Labute approximate surface area is 136 Å². The number of para-hydroxylation sites is 2. The number of anilines is 2. The fourth-order valence-corrected chi connectivity index (χ4v) is 2.75. The van der Waals surface area contributed by atoms with Gasteiger partial charge in [-0.05, 0) is 36.4 Å². The molecule has 0 atom stereocenters. The van der Waals surface area contributed by atoms with E-state index in [0.29, 0.717) is 16.9 Å². The van der Waals surface area contributed by atoms with Crippen LogP contribution in [0.2, 0.25) is 0 Å². The van der Waals surface area contributed by atoms with Crippen molar-refractivity contribution >= 4 is 34.0 Å². The quantitative estimate of drug-likeness (QED) is 0.597. The van der Waals surface area contributed by atoms with Crippen LogP contribution in [0, 0.1) is 5.82 Å². The molecule has 0 saturated heterocycles. The maximum atomic E-state index is 13.9. The molecule has 0 aliphatic rings. The highest BCUT2D eigenvalue weighted by Gasteiger charge is 2.15. The fraction of sp³-hybridized carbons (Fsp3) is 0. The molecule has 2 heterocycles. The fourth-order valence-electron chi connectivity index (χ4n) is 2.75. The van der Waals surface area contributed by atoms with Crippen molar-refractivity contribution in [1.82, 2.24) is 9.38 Å². The van der Waals surface area contributed by atoms with Gasteiger partial charge in [0.1, 0.15) is 11.3 Å². The molecule has 0 fully saturated rings. The number of benzene rings is 2. The molecule has 2 aromatic heterocycles. The van der Waals surface area contributed by atoms with Gasteiger partial charge < -0.3 is 14.8 Å². The lowest BCUT2D eigenvalue weighted by atomic mass is 10.1. The van der Waals surface area contributed by atoms with Gasteiger partial charge in [0.15, 0.2) is 5.82 Å². The Hall–Kier alpha value is -3.41. The molecule has 0 aliphatic heterocycles. The lowest BCUT2D eigenvalue weighted by Crippen LogP contribution is -2.04. The Balaban J connectivity index is 2.00. The first kappa shape index (κ1) is 14.2. The van der Waals surface area contributed by atoms with Crippen LogP contribution in [0.3, 0.4) is 0 Å². The first-order chi connectivity index (χ1) is 11.6. The lowest BCUT2D eigenvalue weighted by molar-refractivity contribution is 0.0699. The van der Waals surface area contributed by atoms with E-state index in [2.05, 4.69) is 10.3 Å². The zero-order valence-corrected chi connectivity index (χ0v) is 12.4. The molecule has 0 spiro atoms. The van der Waals surface area contributed by atoms with Crippen molar-refractivity contribution in [3.63, 3.8) is 0 Å². The third-order valence-corrected chi connectivity index (χ3v) is 3.85. The first-order valence-electron chi connectivity index (χ1n) is 7.30. The van der Waals surface area contributed by atoms with Gasteiger partial charge in [-0.3, -0.25) is 0 Å². The molecule has 118 valence electrons. The van der Waals surface area contributed by atoms with Crippen molar-refractivity contribution in [2.24, 2.45) is 0 Å². The average molecular weight is 321 g/mol. The van der Waals surface area contributed by atoms with E-state index in [1.165, 1.54) is 12.1 Å². The summed E-state index contributed by atoms with van der Waals surface area (Å²) in [5.74, 6) is -1.07. The summed E-state index contributed by atoms with van der Waals surface area (Å²) in [6.45, 7) is 0. The summed E-state index contributed by atoms with van der Waals surface area (Å²) in [5, 5.41) is 12.4. The molecule has 2 N–H and O–H groups in total. The number of carbonyl (C=O) groups is 1. The second-order valence-electron chi connectivity index (χ2n) is 5.31. The highest BCUT2D eigenvalue weighted by atomic mass is 19.1. The van der Waals surface area contributed by atoms with Crippen LogP contribution in [0.15, 0.2) is 60.8 Å². The number of aromatic nitrogens is 2. The summed E-state index contributed by atoms with van der Waals surface area (Å²) in [5.41, 5.74) is 2.12. The Bertz CT molecular complexity index is 1090. The van der Waals surface area contributed by atoms with Crippen molar-refractivity contribution in [3.8, 4) is 0 Å². The van der Waals surface area contributed by atoms with Gasteiger partial charge >= 0.3 is 5.97 Å². The number of hydrogen-bond donors (Lipinski definition) is 2. The number of nitrogens with zero attached hydrogens (tertiary/aromatic N) is 2. The van der Waals surface area contributed by atoms with Crippen LogP contribution in [-0.2, 0) is 0 Å². The number of fused-ring (bicyclic) bond motifs is 3. The molecule has 4 rings (SSSR count). The molecule has 6 heteroatoms. The molecule has 0 unspecified atom stereocenters. The number of carboxylic acid groups (broad SMARTS) is 1. The molecule has 0 bridgehead atoms. The van der Waals surface area contributed by atoms with Crippen LogP contribution >= 0.6 is 0 Å². The van der Waals surface area contributed by atoms with E-state index < -0.39 is 11.8 Å². The SMILES string of the molecule is O=C(O)c1cccc2c1nc(Nc1ccccc1F)c1cccn12. The van der Waals surface area contributed by atoms with E-state index in [1.54, 1.807) is 30.3 Å². The zero-order valence-electron chi connectivity index (χ0n) is 12.4. The molecular formula is C18H12FN3O2. The van der Waals surface area contributed by atoms with Gasteiger partial charge in [-0.15, -0.1) is 0 Å². The summed E-state index contributed by atoms with van der Waals surface area (Å²) < 4.78 is 15.8. The molecule has 4 aromatic rings. The van der Waals surface area contributed by atoms with Gasteiger partial charge in [-0.1, -0.05) is 18.2 Å². The maximum absolute atomic E-state index is 13.9. The van der Waals surface area contributed by atoms with Crippen molar-refractivity contribution in [1.29, 1.82) is 0 Å². The van der Waals surface area contributed by atoms with Crippen molar-refractivity contribution in [3.05, 3.63) is 72.2 Å². The van der Waals surface area contributed by atoms with Gasteiger partial charge in [0.2, 0.25) is 0 Å². The number of rotatable bonds is 3. The number of carboxylic acids is 1. The van der Waals surface area contributed by atoms with E-state index in [0.717, 1.165) is 5.52 Å². The van der Waals surface area contributed by atoms with E-state index >= 15 is 0 Å². The van der Waals surface area contributed by atoms with E-state index in [9.17, 15) is 14.3 Å². The smallest absolute Gasteiger partial charge is 0.337 e. The Morgan fingerprint density at radius 3 is 2.62 bits per heavy atom. The van der Waals surface area contributed by atoms with Crippen LogP contribution in [-0.4, -0.2) is 20.5 Å². The van der Waals surface area contributed by atoms with E-state index in [4.69, 9.17) is 0 Å². The Morgan fingerprint density at radius 2 is 1.83 bits per heavy atom. The van der Waals surface area contributed by atoms with Crippen LogP contribution in [0.1, 0.15) is 10.4 Å². The predicted octanol–water partition coefficient (Wildman–Crippen LogP) is 4.07. The minimum atomic E-state index is -1.06. The summed E-state index contributed by atoms with van der Waals surface area (Å²) in [6.07, 6.45) is 1.82. The molecule has 0 aliphatic carbocycles.